The molecule has 11 heteroatoms. The van der Waals surface area contributed by atoms with E-state index in [9.17, 15) is 32.3 Å². The van der Waals surface area contributed by atoms with E-state index in [-0.39, 0.29) is 58.9 Å². The van der Waals surface area contributed by atoms with E-state index >= 15 is 0 Å². The summed E-state index contributed by atoms with van der Waals surface area (Å²) >= 11 is 0. The number of alkyl halides is 3. The largest absolute Gasteiger partial charge is 0.417 e. The van der Waals surface area contributed by atoms with Gasteiger partial charge in [0.2, 0.25) is 11.8 Å². The van der Waals surface area contributed by atoms with E-state index in [1.54, 1.807) is 6.92 Å². The Morgan fingerprint density at radius 2 is 1.97 bits per heavy atom. The van der Waals surface area contributed by atoms with Crippen molar-refractivity contribution >= 4 is 34.4 Å². The summed E-state index contributed by atoms with van der Waals surface area (Å²) in [5.74, 6) is -1.69. The third kappa shape index (κ3) is 4.78. The maximum Gasteiger partial charge on any atom is 0.417 e. The van der Waals surface area contributed by atoms with Crippen LogP contribution in [0.15, 0.2) is 24.3 Å². The summed E-state index contributed by atoms with van der Waals surface area (Å²) in [6.45, 7) is 2.54. The molecule has 0 radical (unpaired) electrons. The molecule has 3 heterocycles. The first-order valence-electron chi connectivity index (χ1n) is 13.2. The third-order valence-electron chi connectivity index (χ3n) is 8.36. The number of benzene rings is 1. The van der Waals surface area contributed by atoms with Gasteiger partial charge in [-0.2, -0.15) is 13.2 Å². The van der Waals surface area contributed by atoms with Gasteiger partial charge in [-0.3, -0.25) is 19.2 Å². The number of rotatable bonds is 7. The van der Waals surface area contributed by atoms with Gasteiger partial charge in [-0.1, -0.05) is 19.4 Å². The van der Waals surface area contributed by atoms with Crippen LogP contribution in [0, 0.1) is 17.8 Å². The van der Waals surface area contributed by atoms with Crippen LogP contribution < -0.4 is 10.6 Å². The van der Waals surface area contributed by atoms with Crippen LogP contribution in [0.1, 0.15) is 61.5 Å². The lowest BCUT2D eigenvalue weighted by Gasteiger charge is -2.29. The minimum atomic E-state index is -4.58. The van der Waals surface area contributed by atoms with E-state index in [1.807, 2.05) is 0 Å². The van der Waals surface area contributed by atoms with Crippen LogP contribution >= 0.6 is 0 Å². The number of fused-ring (bicyclic) bond motifs is 2. The first-order chi connectivity index (χ1) is 18.1. The normalized spacial score (nSPS) is 25.9. The van der Waals surface area contributed by atoms with Crippen molar-refractivity contribution in [3.63, 3.8) is 0 Å². The summed E-state index contributed by atoms with van der Waals surface area (Å²) in [7, 11) is 0. The van der Waals surface area contributed by atoms with E-state index in [1.165, 1.54) is 23.1 Å². The molecule has 2 aromatic rings. The number of hydrogen-bond acceptors (Lipinski definition) is 4. The molecule has 204 valence electrons. The minimum absolute atomic E-state index is 0.0155. The number of amides is 3. The molecule has 3 aliphatic rings. The molecule has 3 amide bonds. The van der Waals surface area contributed by atoms with Gasteiger partial charge in [0.15, 0.2) is 5.78 Å². The Bertz CT molecular complexity index is 1270. The first-order valence-corrected chi connectivity index (χ1v) is 13.2. The van der Waals surface area contributed by atoms with Crippen molar-refractivity contribution in [1.82, 2.24) is 20.5 Å². The maximum absolute atomic E-state index is 13.7. The predicted octanol–water partition coefficient (Wildman–Crippen LogP) is 3.42. The van der Waals surface area contributed by atoms with E-state index in [4.69, 9.17) is 0 Å². The molecular formula is C27H31F3N4O4. The van der Waals surface area contributed by atoms with Gasteiger partial charge < -0.3 is 20.5 Å². The van der Waals surface area contributed by atoms with Crippen molar-refractivity contribution in [2.75, 3.05) is 13.1 Å². The summed E-state index contributed by atoms with van der Waals surface area (Å²) in [5.41, 5.74) is -0.667. The molecule has 0 spiro atoms. The monoisotopic (exact) mass is 532 g/mol. The van der Waals surface area contributed by atoms with Crippen molar-refractivity contribution < 1.29 is 32.3 Å². The zero-order chi connectivity index (χ0) is 27.2. The van der Waals surface area contributed by atoms with Crippen molar-refractivity contribution in [2.24, 2.45) is 17.8 Å². The molecule has 1 aromatic carbocycles. The van der Waals surface area contributed by atoms with Crippen molar-refractivity contribution in [1.29, 1.82) is 0 Å². The van der Waals surface area contributed by atoms with Crippen LogP contribution in [0.4, 0.5) is 13.2 Å². The second-order valence-electron chi connectivity index (χ2n) is 10.6. The van der Waals surface area contributed by atoms with E-state index in [0.717, 1.165) is 25.3 Å². The second kappa shape index (κ2) is 10.1. The third-order valence-corrected chi connectivity index (χ3v) is 8.36. The number of aromatic amines is 1. The number of aromatic nitrogens is 1. The van der Waals surface area contributed by atoms with Gasteiger partial charge in [0.25, 0.3) is 5.91 Å². The Kier molecular flexibility index (Phi) is 6.96. The molecule has 0 bridgehead atoms. The van der Waals surface area contributed by atoms with Crippen LogP contribution in [0.2, 0.25) is 0 Å². The highest BCUT2D eigenvalue weighted by Crippen LogP contribution is 2.43. The highest BCUT2D eigenvalue weighted by atomic mass is 19.4. The highest BCUT2D eigenvalue weighted by Gasteiger charge is 2.50. The number of H-pyrrole nitrogens is 1. The molecule has 8 nitrogen and oxygen atoms in total. The summed E-state index contributed by atoms with van der Waals surface area (Å²) in [6.07, 6.45) is -1.09. The Balaban J connectivity index is 1.41. The SMILES string of the molecule is CCC(=O)C(CC1CCNC1=O)NC(=O)C1C2CCCC2CN1C(=O)c1cc2c(C(F)(F)F)cccc2[nH]1. The molecule has 5 rings (SSSR count). The number of carbonyl (C=O) groups excluding carboxylic acids is 4. The lowest BCUT2D eigenvalue weighted by Crippen LogP contribution is -2.53. The zero-order valence-corrected chi connectivity index (χ0v) is 21.1. The molecule has 38 heavy (non-hydrogen) atoms. The number of ketones is 1. The standard InChI is InChI=1S/C27H31F3N4O4/c1-2-22(35)20(11-14-9-10-31-24(14)36)33-25(37)23-16-6-3-5-15(16)13-34(23)26(38)21-12-17-18(27(28,29)30)7-4-8-19(17)32-21/h4,7-8,12,14-16,20,23,32H,2-3,5-6,9-11,13H2,1H3,(H,31,36)(H,33,37). The van der Waals surface area contributed by atoms with Crippen LogP contribution in [0.5, 0.6) is 0 Å². The van der Waals surface area contributed by atoms with E-state index < -0.39 is 35.6 Å². The lowest BCUT2D eigenvalue weighted by molar-refractivity contribution is -0.136. The molecule has 2 saturated heterocycles. The van der Waals surface area contributed by atoms with Crippen LogP contribution in [0.3, 0.4) is 0 Å². The van der Waals surface area contributed by atoms with Crippen molar-refractivity contribution in [3.05, 3.63) is 35.5 Å². The van der Waals surface area contributed by atoms with Crippen LogP contribution in [-0.4, -0.2) is 58.6 Å². The van der Waals surface area contributed by atoms with Gasteiger partial charge in [-0.05, 0) is 55.7 Å². The van der Waals surface area contributed by atoms with Crippen LogP contribution in [-0.2, 0) is 20.6 Å². The lowest BCUT2D eigenvalue weighted by atomic mass is 9.91. The fourth-order valence-electron chi connectivity index (χ4n) is 6.45. The molecular weight excluding hydrogens is 501 g/mol. The quantitative estimate of drug-likeness (QED) is 0.508. The molecule has 3 N–H and O–H groups in total. The second-order valence-corrected chi connectivity index (χ2v) is 10.6. The molecule has 1 saturated carbocycles. The smallest absolute Gasteiger partial charge is 0.356 e. The zero-order valence-electron chi connectivity index (χ0n) is 21.1. The van der Waals surface area contributed by atoms with Crippen molar-refractivity contribution in [2.45, 2.75) is 63.7 Å². The maximum atomic E-state index is 13.7. The number of nitrogens with zero attached hydrogens (tertiary/aromatic N) is 1. The molecule has 2 aliphatic heterocycles. The van der Waals surface area contributed by atoms with Gasteiger partial charge in [0, 0.05) is 36.3 Å². The number of halogens is 3. The Labute approximate surface area is 217 Å². The van der Waals surface area contributed by atoms with Gasteiger partial charge in [0.1, 0.15) is 11.7 Å². The first kappa shape index (κ1) is 26.2. The fourth-order valence-corrected chi connectivity index (χ4v) is 6.45. The number of hydrogen-bond donors (Lipinski definition) is 3. The Morgan fingerprint density at radius 3 is 2.66 bits per heavy atom. The molecule has 1 aromatic heterocycles. The van der Waals surface area contributed by atoms with Crippen LogP contribution in [0.25, 0.3) is 10.9 Å². The minimum Gasteiger partial charge on any atom is -0.356 e. The number of likely N-dealkylation sites (tertiary alicyclic amines) is 1. The van der Waals surface area contributed by atoms with Gasteiger partial charge >= 0.3 is 6.18 Å². The summed E-state index contributed by atoms with van der Waals surface area (Å²) in [6, 6.07) is 3.24. The number of nitrogens with one attached hydrogen (secondary N) is 3. The van der Waals surface area contributed by atoms with E-state index in [2.05, 4.69) is 15.6 Å². The topological polar surface area (TPSA) is 111 Å². The number of Topliss-reactive ketones (excluding diaryl/α,β-unsaturated/α-hetero) is 1. The van der Waals surface area contributed by atoms with E-state index in [0.29, 0.717) is 19.5 Å². The van der Waals surface area contributed by atoms with Crippen molar-refractivity contribution in [3.8, 4) is 0 Å². The number of carbonyl (C=O) groups is 4. The van der Waals surface area contributed by atoms with Gasteiger partial charge in [-0.15, -0.1) is 0 Å². The summed E-state index contributed by atoms with van der Waals surface area (Å²) < 4.78 is 40.6. The highest BCUT2D eigenvalue weighted by molar-refractivity contribution is 6.02. The average molecular weight is 533 g/mol. The summed E-state index contributed by atoms with van der Waals surface area (Å²) in [5, 5.41) is 5.48. The molecule has 3 fully saturated rings. The summed E-state index contributed by atoms with van der Waals surface area (Å²) in [4.78, 5) is 56.4. The fraction of sp³-hybridized carbons (Fsp3) is 0.556. The Morgan fingerprint density at radius 1 is 1.18 bits per heavy atom. The Hall–Kier alpha value is -3.37. The average Bonchev–Trinajstić information content (AvgIpc) is 3.65. The molecule has 5 unspecified atom stereocenters. The molecule has 5 atom stereocenters. The molecule has 1 aliphatic carbocycles. The van der Waals surface area contributed by atoms with Gasteiger partial charge in [0.05, 0.1) is 11.6 Å². The van der Waals surface area contributed by atoms with Gasteiger partial charge in [-0.25, -0.2) is 0 Å². The predicted molar refractivity (Wildman–Crippen MR) is 132 cm³/mol.